The van der Waals surface area contributed by atoms with Gasteiger partial charge in [-0.05, 0) is 36.5 Å². The molecular weight excluding hydrogens is 274 g/mol. The normalized spacial score (nSPS) is 13.6. The maximum atomic E-state index is 3.50. The Balaban J connectivity index is 3.01. The molecule has 1 aromatic rings. The molecule has 0 aromatic heterocycles. The molecule has 0 saturated carbocycles. The summed E-state index contributed by atoms with van der Waals surface area (Å²) in [4.78, 5) is 2.38. The summed E-state index contributed by atoms with van der Waals surface area (Å²) in [5.41, 5.74) is 4.30. The quantitative estimate of drug-likeness (QED) is 0.727. The van der Waals surface area contributed by atoms with E-state index in [0.717, 1.165) is 5.33 Å². The molecule has 0 fully saturated rings. The largest absolute Gasteiger partial charge is 0.371 e. The van der Waals surface area contributed by atoms with Gasteiger partial charge in [0.2, 0.25) is 0 Å². The van der Waals surface area contributed by atoms with Crippen LogP contribution in [0.2, 0.25) is 0 Å². The van der Waals surface area contributed by atoms with Gasteiger partial charge in [0.05, 0.1) is 0 Å². The molecule has 1 rings (SSSR count). The van der Waals surface area contributed by atoms with Crippen molar-refractivity contribution < 1.29 is 0 Å². The second-order valence-corrected chi connectivity index (χ2v) is 6.47. The molecule has 1 nitrogen and oxygen atoms in total. The fraction of sp³-hybridized carbons (Fsp3) is 0.600. The zero-order valence-corrected chi connectivity index (χ0v) is 13.4. The lowest BCUT2D eigenvalue weighted by atomic mass is 9.86. The SMILES string of the molecule is Cc1cc(CBr)ccc1N(C)C(C)C(C)(C)C. The molecule has 0 aliphatic carbocycles. The molecule has 0 N–H and O–H groups in total. The minimum Gasteiger partial charge on any atom is -0.371 e. The first-order chi connectivity index (χ1) is 7.77. The monoisotopic (exact) mass is 297 g/mol. The lowest BCUT2D eigenvalue weighted by Gasteiger charge is -2.37. The third kappa shape index (κ3) is 3.48. The minimum absolute atomic E-state index is 0.287. The van der Waals surface area contributed by atoms with Crippen LogP contribution in [-0.4, -0.2) is 13.1 Å². The van der Waals surface area contributed by atoms with E-state index in [9.17, 15) is 0 Å². The Morgan fingerprint density at radius 2 is 1.88 bits per heavy atom. The molecule has 1 aromatic carbocycles. The number of benzene rings is 1. The highest BCUT2D eigenvalue weighted by Gasteiger charge is 2.24. The summed E-state index contributed by atoms with van der Waals surface area (Å²) in [6, 6.07) is 7.20. The summed E-state index contributed by atoms with van der Waals surface area (Å²) in [6.07, 6.45) is 0. The van der Waals surface area contributed by atoms with Crippen LogP contribution in [0, 0.1) is 12.3 Å². The van der Waals surface area contributed by atoms with Crippen molar-refractivity contribution in [2.75, 3.05) is 11.9 Å². The maximum absolute atomic E-state index is 3.50. The van der Waals surface area contributed by atoms with Gasteiger partial charge in [-0.1, -0.05) is 48.8 Å². The molecule has 0 aliphatic heterocycles. The third-order valence-electron chi connectivity index (χ3n) is 3.63. The van der Waals surface area contributed by atoms with Gasteiger partial charge in [-0.25, -0.2) is 0 Å². The number of anilines is 1. The lowest BCUT2D eigenvalue weighted by Crippen LogP contribution is -2.39. The van der Waals surface area contributed by atoms with Gasteiger partial charge in [-0.3, -0.25) is 0 Å². The van der Waals surface area contributed by atoms with Gasteiger partial charge in [-0.2, -0.15) is 0 Å². The number of hydrogen-bond acceptors (Lipinski definition) is 1. The Hall–Kier alpha value is -0.500. The predicted octanol–water partition coefficient (Wildman–Crippen LogP) is 4.76. The van der Waals surface area contributed by atoms with E-state index in [2.05, 4.69) is 80.7 Å². The molecule has 0 heterocycles. The Kier molecular flexibility index (Phi) is 4.65. The molecule has 1 atom stereocenters. The molecule has 17 heavy (non-hydrogen) atoms. The molecule has 0 saturated heterocycles. The number of hydrogen-bond donors (Lipinski definition) is 0. The number of rotatable bonds is 3. The van der Waals surface area contributed by atoms with Crippen molar-refractivity contribution in [2.45, 2.75) is 46.0 Å². The molecule has 0 spiro atoms. The van der Waals surface area contributed by atoms with Crippen LogP contribution in [0.25, 0.3) is 0 Å². The van der Waals surface area contributed by atoms with Gasteiger partial charge in [0.15, 0.2) is 0 Å². The fourth-order valence-electron chi connectivity index (χ4n) is 1.99. The van der Waals surface area contributed by atoms with Crippen molar-refractivity contribution in [1.29, 1.82) is 0 Å². The van der Waals surface area contributed by atoms with Gasteiger partial charge in [0.1, 0.15) is 0 Å². The summed E-state index contributed by atoms with van der Waals surface area (Å²) < 4.78 is 0. The van der Waals surface area contributed by atoms with E-state index in [-0.39, 0.29) is 5.41 Å². The van der Waals surface area contributed by atoms with Crippen molar-refractivity contribution in [2.24, 2.45) is 5.41 Å². The standard InChI is InChI=1S/C15H24BrN/c1-11-9-13(10-16)7-8-14(11)17(6)12(2)15(3,4)5/h7-9,12H,10H2,1-6H3. The Bertz CT molecular complexity index is 379. The maximum Gasteiger partial charge on any atom is 0.0396 e. The molecule has 0 radical (unpaired) electrons. The first kappa shape index (κ1) is 14.6. The van der Waals surface area contributed by atoms with E-state index in [1.54, 1.807) is 0 Å². The van der Waals surface area contributed by atoms with E-state index in [4.69, 9.17) is 0 Å². The Morgan fingerprint density at radius 1 is 1.29 bits per heavy atom. The van der Waals surface area contributed by atoms with Crippen LogP contribution in [0.3, 0.4) is 0 Å². The molecule has 96 valence electrons. The fourth-order valence-corrected chi connectivity index (χ4v) is 2.33. The molecule has 1 unspecified atom stereocenters. The van der Waals surface area contributed by atoms with Crippen LogP contribution in [0.15, 0.2) is 18.2 Å². The highest BCUT2D eigenvalue weighted by atomic mass is 79.9. The van der Waals surface area contributed by atoms with Crippen molar-refractivity contribution in [3.63, 3.8) is 0 Å². The first-order valence-corrected chi connectivity index (χ1v) is 7.28. The second kappa shape index (κ2) is 5.43. The van der Waals surface area contributed by atoms with E-state index < -0.39 is 0 Å². The number of nitrogens with zero attached hydrogens (tertiary/aromatic N) is 1. The molecule has 0 aliphatic rings. The number of aryl methyl sites for hydroxylation is 1. The number of alkyl halides is 1. The van der Waals surface area contributed by atoms with Crippen LogP contribution in [-0.2, 0) is 5.33 Å². The van der Waals surface area contributed by atoms with Crippen molar-refractivity contribution >= 4 is 21.6 Å². The van der Waals surface area contributed by atoms with Crippen LogP contribution in [0.4, 0.5) is 5.69 Å². The van der Waals surface area contributed by atoms with E-state index in [1.807, 2.05) is 0 Å². The third-order valence-corrected chi connectivity index (χ3v) is 4.28. The average molecular weight is 298 g/mol. The Morgan fingerprint density at radius 3 is 2.29 bits per heavy atom. The van der Waals surface area contributed by atoms with Crippen molar-refractivity contribution in [3.05, 3.63) is 29.3 Å². The molecular formula is C15H24BrN. The average Bonchev–Trinajstić information content (AvgIpc) is 2.25. The highest BCUT2D eigenvalue weighted by molar-refractivity contribution is 9.08. The van der Waals surface area contributed by atoms with Gasteiger partial charge < -0.3 is 4.90 Å². The van der Waals surface area contributed by atoms with E-state index >= 15 is 0 Å². The second-order valence-electron chi connectivity index (χ2n) is 5.91. The van der Waals surface area contributed by atoms with Crippen molar-refractivity contribution in [3.8, 4) is 0 Å². The minimum atomic E-state index is 0.287. The molecule has 0 amide bonds. The summed E-state index contributed by atoms with van der Waals surface area (Å²) in [5, 5.41) is 0.923. The highest BCUT2D eigenvalue weighted by Crippen LogP contribution is 2.29. The van der Waals surface area contributed by atoms with E-state index in [0.29, 0.717) is 6.04 Å². The van der Waals surface area contributed by atoms with Crippen molar-refractivity contribution in [1.82, 2.24) is 0 Å². The van der Waals surface area contributed by atoms with Crippen LogP contribution >= 0.6 is 15.9 Å². The summed E-state index contributed by atoms with van der Waals surface area (Å²) in [7, 11) is 2.19. The smallest absolute Gasteiger partial charge is 0.0396 e. The van der Waals surface area contributed by atoms with Gasteiger partial charge in [0.25, 0.3) is 0 Å². The molecule has 0 bridgehead atoms. The van der Waals surface area contributed by atoms with Gasteiger partial charge in [-0.15, -0.1) is 0 Å². The Labute approximate surface area is 114 Å². The number of halogens is 1. The van der Waals surface area contributed by atoms with Gasteiger partial charge in [0, 0.05) is 24.1 Å². The summed E-state index contributed by atoms with van der Waals surface area (Å²) >= 11 is 3.50. The predicted molar refractivity (Wildman–Crippen MR) is 81.1 cm³/mol. The van der Waals surface area contributed by atoms with Crippen LogP contribution in [0.1, 0.15) is 38.8 Å². The summed E-state index contributed by atoms with van der Waals surface area (Å²) in [6.45, 7) is 11.3. The van der Waals surface area contributed by atoms with Gasteiger partial charge >= 0.3 is 0 Å². The van der Waals surface area contributed by atoms with Crippen LogP contribution in [0.5, 0.6) is 0 Å². The first-order valence-electron chi connectivity index (χ1n) is 6.15. The topological polar surface area (TPSA) is 3.24 Å². The summed E-state index contributed by atoms with van der Waals surface area (Å²) in [5.74, 6) is 0. The zero-order chi connectivity index (χ0) is 13.2. The lowest BCUT2D eigenvalue weighted by molar-refractivity contribution is 0.329. The molecule has 2 heteroatoms. The van der Waals surface area contributed by atoms with E-state index in [1.165, 1.54) is 16.8 Å². The van der Waals surface area contributed by atoms with Crippen LogP contribution < -0.4 is 4.90 Å². The zero-order valence-electron chi connectivity index (χ0n) is 11.8.